The molecule has 0 spiro atoms. The van der Waals surface area contributed by atoms with Gasteiger partial charge in [-0.1, -0.05) is 13.3 Å². The highest BCUT2D eigenvalue weighted by Crippen LogP contribution is 2.38. The van der Waals surface area contributed by atoms with Crippen molar-refractivity contribution in [2.45, 2.75) is 102 Å². The van der Waals surface area contributed by atoms with Gasteiger partial charge in [-0.3, -0.25) is 4.79 Å². The number of hydrogen-bond acceptors (Lipinski definition) is 6. The molecule has 2 aromatic rings. The number of aromatic nitrogens is 3. The van der Waals surface area contributed by atoms with E-state index in [1.807, 2.05) is 6.20 Å². The Morgan fingerprint density at radius 2 is 1.86 bits per heavy atom. The van der Waals surface area contributed by atoms with E-state index in [-0.39, 0.29) is 12.0 Å². The molecule has 1 saturated carbocycles. The van der Waals surface area contributed by atoms with Crippen molar-refractivity contribution < 1.29 is 14.6 Å². The van der Waals surface area contributed by atoms with E-state index in [0.717, 1.165) is 88.3 Å². The fraction of sp³-hybridized carbons (Fsp3) is 0.750. The maximum atomic E-state index is 13.0. The minimum Gasteiger partial charge on any atom is -0.393 e. The first-order chi connectivity index (χ1) is 17.5. The van der Waals surface area contributed by atoms with E-state index in [9.17, 15) is 9.90 Å². The molecule has 2 aromatic heterocycles. The van der Waals surface area contributed by atoms with Crippen molar-refractivity contribution in [3.8, 4) is 0 Å². The van der Waals surface area contributed by atoms with Gasteiger partial charge in [0.2, 0.25) is 11.9 Å². The third-order valence-electron chi connectivity index (χ3n) is 8.58. The minimum atomic E-state index is -0.179. The Morgan fingerprint density at radius 3 is 2.56 bits per heavy atom. The van der Waals surface area contributed by atoms with Gasteiger partial charge in [0.05, 0.1) is 6.10 Å². The van der Waals surface area contributed by atoms with Gasteiger partial charge < -0.3 is 24.6 Å². The molecule has 2 N–H and O–H groups in total. The Balaban J connectivity index is 1.36. The molecule has 1 aliphatic carbocycles. The van der Waals surface area contributed by atoms with Crippen molar-refractivity contribution in [2.24, 2.45) is 5.92 Å². The lowest BCUT2D eigenvalue weighted by Gasteiger charge is -2.35. The molecule has 36 heavy (non-hydrogen) atoms. The van der Waals surface area contributed by atoms with Crippen LogP contribution in [-0.4, -0.2) is 68.9 Å². The summed E-state index contributed by atoms with van der Waals surface area (Å²) in [7, 11) is 0. The van der Waals surface area contributed by atoms with Gasteiger partial charge in [0.1, 0.15) is 5.65 Å². The van der Waals surface area contributed by atoms with E-state index in [1.54, 1.807) is 0 Å². The summed E-state index contributed by atoms with van der Waals surface area (Å²) >= 11 is 0. The molecule has 0 unspecified atom stereocenters. The van der Waals surface area contributed by atoms with E-state index < -0.39 is 0 Å². The number of amides is 1. The number of anilines is 1. The predicted molar refractivity (Wildman–Crippen MR) is 141 cm³/mol. The Labute approximate surface area is 214 Å². The number of nitrogens with zero attached hydrogens (tertiary/aromatic N) is 4. The summed E-state index contributed by atoms with van der Waals surface area (Å²) in [5.74, 6) is 1.55. The number of hydrogen-bond donors (Lipinski definition) is 2. The van der Waals surface area contributed by atoms with E-state index in [4.69, 9.17) is 14.7 Å². The van der Waals surface area contributed by atoms with Gasteiger partial charge in [-0.15, -0.1) is 0 Å². The highest BCUT2D eigenvalue weighted by Gasteiger charge is 2.32. The molecule has 0 aromatic carbocycles. The van der Waals surface area contributed by atoms with E-state index >= 15 is 0 Å². The van der Waals surface area contributed by atoms with E-state index in [2.05, 4.69) is 34.8 Å². The van der Waals surface area contributed by atoms with Gasteiger partial charge in [-0.2, -0.15) is 4.98 Å². The average molecular weight is 498 g/mol. The number of rotatable bonds is 7. The summed E-state index contributed by atoms with van der Waals surface area (Å²) in [4.78, 5) is 24.8. The second-order valence-corrected chi connectivity index (χ2v) is 11.2. The summed E-state index contributed by atoms with van der Waals surface area (Å²) in [5, 5.41) is 14.7. The number of carbonyl (C=O) groups is 1. The third-order valence-corrected chi connectivity index (χ3v) is 8.58. The molecule has 4 heterocycles. The number of aliphatic hydroxyl groups excluding tert-OH is 1. The first kappa shape index (κ1) is 25.5. The number of nitrogens with one attached hydrogen (secondary N) is 1. The summed E-state index contributed by atoms with van der Waals surface area (Å²) < 4.78 is 7.82. The van der Waals surface area contributed by atoms with Crippen LogP contribution in [0.1, 0.15) is 95.6 Å². The lowest BCUT2D eigenvalue weighted by atomic mass is 9.88. The molecule has 8 heteroatoms. The number of ether oxygens (including phenoxy) is 1. The van der Waals surface area contributed by atoms with Crippen molar-refractivity contribution in [1.29, 1.82) is 0 Å². The first-order valence-electron chi connectivity index (χ1n) is 14.2. The normalized spacial score (nSPS) is 25.2. The Hall–Kier alpha value is -2.19. The van der Waals surface area contributed by atoms with Gasteiger partial charge in [-0.05, 0) is 76.2 Å². The minimum absolute atomic E-state index is 0.133. The summed E-state index contributed by atoms with van der Waals surface area (Å²) in [6.45, 7) is 7.42. The molecule has 0 bridgehead atoms. The standard InChI is InChI=1S/C28H43N5O3/c1-3-4-19(2)30-28-29-17-24-25(18-33(26(24)31-28)22-5-7-23(34)8-6-22)20-9-13-32(14-10-20)27(35)21-11-15-36-16-12-21/h17-23,34H,3-16H2,1-2H3,(H,29,30,31)/t19-,22-,23-/m0/s1. The molecular weight excluding hydrogens is 454 g/mol. The topological polar surface area (TPSA) is 92.5 Å². The largest absolute Gasteiger partial charge is 0.393 e. The number of piperidine rings is 1. The van der Waals surface area contributed by atoms with Crippen LogP contribution in [0, 0.1) is 5.92 Å². The summed E-state index contributed by atoms with van der Waals surface area (Å²) in [5.41, 5.74) is 2.33. The van der Waals surface area contributed by atoms with Crippen molar-refractivity contribution in [3.05, 3.63) is 18.0 Å². The summed E-state index contributed by atoms with van der Waals surface area (Å²) in [6, 6.07) is 0.688. The molecule has 1 atom stereocenters. The van der Waals surface area contributed by atoms with Crippen molar-refractivity contribution in [3.63, 3.8) is 0 Å². The van der Waals surface area contributed by atoms with Gasteiger partial charge in [0.25, 0.3) is 0 Å². The average Bonchev–Trinajstić information content (AvgIpc) is 3.28. The molecule has 8 nitrogen and oxygen atoms in total. The molecule has 3 aliphatic rings. The summed E-state index contributed by atoms with van der Waals surface area (Å²) in [6.07, 6.45) is 13.6. The second-order valence-electron chi connectivity index (χ2n) is 11.2. The van der Waals surface area contributed by atoms with Gasteiger partial charge in [0.15, 0.2) is 0 Å². The number of aliphatic hydroxyl groups is 1. The van der Waals surface area contributed by atoms with E-state index in [0.29, 0.717) is 43.1 Å². The zero-order valence-corrected chi connectivity index (χ0v) is 22.0. The molecule has 0 radical (unpaired) electrons. The number of likely N-dealkylation sites (tertiary alicyclic amines) is 1. The predicted octanol–water partition coefficient (Wildman–Crippen LogP) is 4.64. The monoisotopic (exact) mass is 497 g/mol. The lowest BCUT2D eigenvalue weighted by molar-refractivity contribution is -0.139. The smallest absolute Gasteiger partial charge is 0.225 e. The van der Waals surface area contributed by atoms with Gasteiger partial charge >= 0.3 is 0 Å². The van der Waals surface area contributed by atoms with Crippen LogP contribution in [0.3, 0.4) is 0 Å². The third kappa shape index (κ3) is 5.54. The molecule has 3 fully saturated rings. The molecular formula is C28H43N5O3. The first-order valence-corrected chi connectivity index (χ1v) is 14.2. The maximum Gasteiger partial charge on any atom is 0.225 e. The SMILES string of the molecule is CCC[C@H](C)Nc1ncc2c(C3CCN(C(=O)C4CCOCC4)CC3)cn([C@H]3CC[C@H](O)CC3)c2n1. The van der Waals surface area contributed by atoms with Crippen LogP contribution in [0.2, 0.25) is 0 Å². The molecule has 198 valence electrons. The lowest BCUT2D eigenvalue weighted by Crippen LogP contribution is -2.42. The zero-order valence-electron chi connectivity index (χ0n) is 22.0. The van der Waals surface area contributed by atoms with Gasteiger partial charge in [-0.25, -0.2) is 4.98 Å². The van der Waals surface area contributed by atoms with Crippen LogP contribution in [0.25, 0.3) is 11.0 Å². The van der Waals surface area contributed by atoms with Crippen molar-refractivity contribution in [1.82, 2.24) is 19.4 Å². The van der Waals surface area contributed by atoms with Crippen molar-refractivity contribution >= 4 is 22.9 Å². The number of fused-ring (bicyclic) bond motifs is 1. The number of carbonyl (C=O) groups excluding carboxylic acids is 1. The fourth-order valence-corrected chi connectivity index (χ4v) is 6.40. The van der Waals surface area contributed by atoms with Crippen molar-refractivity contribution in [2.75, 3.05) is 31.6 Å². The Kier molecular flexibility index (Phi) is 8.11. The molecule has 2 saturated heterocycles. The Bertz CT molecular complexity index is 1020. The maximum absolute atomic E-state index is 13.0. The van der Waals surface area contributed by atoms with Crippen LogP contribution in [-0.2, 0) is 9.53 Å². The molecule has 2 aliphatic heterocycles. The Morgan fingerprint density at radius 1 is 1.14 bits per heavy atom. The highest BCUT2D eigenvalue weighted by molar-refractivity contribution is 5.82. The van der Waals surface area contributed by atoms with Crippen LogP contribution in [0.5, 0.6) is 0 Å². The zero-order chi connectivity index (χ0) is 25.1. The van der Waals surface area contributed by atoms with Crippen LogP contribution in [0.15, 0.2) is 12.4 Å². The highest BCUT2D eigenvalue weighted by atomic mass is 16.5. The molecule has 1 amide bonds. The molecule has 5 rings (SSSR count). The quantitative estimate of drug-likeness (QED) is 0.579. The fourth-order valence-electron chi connectivity index (χ4n) is 6.40. The van der Waals surface area contributed by atoms with E-state index in [1.165, 1.54) is 5.56 Å². The van der Waals surface area contributed by atoms with Crippen LogP contribution < -0.4 is 5.32 Å². The second kappa shape index (κ2) is 11.5. The van der Waals surface area contributed by atoms with Gasteiger partial charge in [0, 0.05) is 62.1 Å². The van der Waals surface area contributed by atoms with Crippen LogP contribution in [0.4, 0.5) is 5.95 Å². The van der Waals surface area contributed by atoms with Crippen LogP contribution >= 0.6 is 0 Å².